The number of hydrogen-bond acceptors (Lipinski definition) is 5. The molecule has 0 radical (unpaired) electrons. The minimum absolute atomic E-state index is 0.113. The second-order valence-electron chi connectivity index (χ2n) is 4.55. The number of carbonyl (C=O) groups excluding carboxylic acids is 2. The minimum Gasteiger partial charge on any atom is -0.383 e. The number of ether oxygens (including phenoxy) is 1. The van der Waals surface area contributed by atoms with Crippen LogP contribution in [-0.2, 0) is 16.0 Å². The van der Waals surface area contributed by atoms with Crippen LogP contribution in [0, 0.1) is 0 Å². The molecule has 2 aliphatic heterocycles. The molecule has 0 aliphatic carbocycles. The standard InChI is InChI=1S/C11H14N4O3/c12-10-9-7(5-8(16)13-11(9)17)14-15(10)6-1-3-18-4-2-6/h6H,1-5,12H2,(H,13,16,17). The van der Waals surface area contributed by atoms with Gasteiger partial charge in [-0.3, -0.25) is 14.9 Å². The number of carbonyl (C=O) groups is 2. The predicted molar refractivity (Wildman–Crippen MR) is 61.9 cm³/mol. The first-order valence-electron chi connectivity index (χ1n) is 5.95. The van der Waals surface area contributed by atoms with Crippen LogP contribution in [0.2, 0.25) is 0 Å². The largest absolute Gasteiger partial charge is 0.383 e. The molecule has 18 heavy (non-hydrogen) atoms. The van der Waals surface area contributed by atoms with E-state index in [1.807, 2.05) is 0 Å². The zero-order valence-corrected chi connectivity index (χ0v) is 9.81. The maximum Gasteiger partial charge on any atom is 0.263 e. The molecule has 2 aliphatic rings. The Morgan fingerprint density at radius 1 is 1.33 bits per heavy atom. The molecule has 0 atom stereocenters. The van der Waals surface area contributed by atoms with E-state index in [2.05, 4.69) is 10.4 Å². The third-order valence-electron chi connectivity index (χ3n) is 3.36. The maximum absolute atomic E-state index is 11.7. The van der Waals surface area contributed by atoms with Crippen LogP contribution in [0.3, 0.4) is 0 Å². The topological polar surface area (TPSA) is 99.2 Å². The molecule has 7 nitrogen and oxygen atoms in total. The highest BCUT2D eigenvalue weighted by atomic mass is 16.5. The van der Waals surface area contributed by atoms with Crippen LogP contribution < -0.4 is 11.1 Å². The number of rotatable bonds is 1. The molecule has 0 aromatic carbocycles. The van der Waals surface area contributed by atoms with Gasteiger partial charge in [0.25, 0.3) is 5.91 Å². The van der Waals surface area contributed by atoms with Crippen LogP contribution in [0.25, 0.3) is 0 Å². The molecule has 1 saturated heterocycles. The number of nitrogens with one attached hydrogen (secondary N) is 1. The van der Waals surface area contributed by atoms with E-state index < -0.39 is 5.91 Å². The number of anilines is 1. The zero-order valence-electron chi connectivity index (χ0n) is 9.81. The van der Waals surface area contributed by atoms with E-state index in [9.17, 15) is 9.59 Å². The lowest BCUT2D eigenvalue weighted by molar-refractivity contribution is -0.119. The first-order valence-corrected chi connectivity index (χ1v) is 5.95. The number of fused-ring (bicyclic) bond motifs is 1. The molecular formula is C11H14N4O3. The van der Waals surface area contributed by atoms with E-state index in [0.29, 0.717) is 30.3 Å². The van der Waals surface area contributed by atoms with E-state index >= 15 is 0 Å². The van der Waals surface area contributed by atoms with Crippen molar-refractivity contribution in [3.05, 3.63) is 11.3 Å². The van der Waals surface area contributed by atoms with Crippen molar-refractivity contribution in [1.29, 1.82) is 0 Å². The fraction of sp³-hybridized carbons (Fsp3) is 0.545. The normalized spacial score (nSPS) is 20.7. The maximum atomic E-state index is 11.7. The Morgan fingerprint density at radius 2 is 2.06 bits per heavy atom. The lowest BCUT2D eigenvalue weighted by atomic mass is 10.1. The number of hydrogen-bond donors (Lipinski definition) is 2. The molecule has 3 rings (SSSR count). The highest BCUT2D eigenvalue weighted by molar-refractivity contribution is 6.11. The summed E-state index contributed by atoms with van der Waals surface area (Å²) in [5.41, 5.74) is 6.81. The van der Waals surface area contributed by atoms with Gasteiger partial charge in [0.1, 0.15) is 11.4 Å². The van der Waals surface area contributed by atoms with Gasteiger partial charge in [0.05, 0.1) is 18.2 Å². The van der Waals surface area contributed by atoms with Crippen LogP contribution >= 0.6 is 0 Å². The highest BCUT2D eigenvalue weighted by Gasteiger charge is 2.31. The molecule has 1 aromatic heterocycles. The number of amides is 2. The van der Waals surface area contributed by atoms with Crippen molar-refractivity contribution < 1.29 is 14.3 Å². The number of nitrogens with zero attached hydrogens (tertiary/aromatic N) is 2. The van der Waals surface area contributed by atoms with Crippen molar-refractivity contribution in [3.8, 4) is 0 Å². The third-order valence-corrected chi connectivity index (χ3v) is 3.36. The smallest absolute Gasteiger partial charge is 0.263 e. The number of aromatic nitrogens is 2. The summed E-state index contributed by atoms with van der Waals surface area (Å²) in [5, 5.41) is 6.59. The molecule has 96 valence electrons. The van der Waals surface area contributed by atoms with Crippen molar-refractivity contribution in [1.82, 2.24) is 15.1 Å². The van der Waals surface area contributed by atoms with Crippen molar-refractivity contribution >= 4 is 17.6 Å². The van der Waals surface area contributed by atoms with Gasteiger partial charge in [-0.1, -0.05) is 0 Å². The Labute approximate surface area is 103 Å². The van der Waals surface area contributed by atoms with Gasteiger partial charge >= 0.3 is 0 Å². The molecule has 3 heterocycles. The van der Waals surface area contributed by atoms with Crippen LogP contribution in [0.5, 0.6) is 0 Å². The first-order chi connectivity index (χ1) is 8.66. The first kappa shape index (κ1) is 11.2. The lowest BCUT2D eigenvalue weighted by Gasteiger charge is -2.23. The Kier molecular flexibility index (Phi) is 2.55. The van der Waals surface area contributed by atoms with Gasteiger partial charge in [0.2, 0.25) is 5.91 Å². The highest BCUT2D eigenvalue weighted by Crippen LogP contribution is 2.28. The quantitative estimate of drug-likeness (QED) is 0.662. The van der Waals surface area contributed by atoms with Crippen LogP contribution in [0.1, 0.15) is 34.9 Å². The number of nitrogens with two attached hydrogens (primary N) is 1. The van der Waals surface area contributed by atoms with Crippen molar-refractivity contribution in [2.45, 2.75) is 25.3 Å². The van der Waals surface area contributed by atoms with E-state index in [4.69, 9.17) is 10.5 Å². The van der Waals surface area contributed by atoms with Crippen LogP contribution in [0.15, 0.2) is 0 Å². The summed E-state index contributed by atoms with van der Waals surface area (Å²) in [6, 6.07) is 0.146. The summed E-state index contributed by atoms with van der Waals surface area (Å²) in [6.07, 6.45) is 1.75. The van der Waals surface area contributed by atoms with Gasteiger partial charge < -0.3 is 10.5 Å². The van der Waals surface area contributed by atoms with Gasteiger partial charge in [0, 0.05) is 13.2 Å². The average Bonchev–Trinajstić information content (AvgIpc) is 2.67. The SMILES string of the molecule is Nc1c2c(nn1C1CCOCC1)CC(=O)NC2=O. The molecule has 1 aromatic rings. The molecule has 0 unspecified atom stereocenters. The second-order valence-corrected chi connectivity index (χ2v) is 4.55. The summed E-state index contributed by atoms with van der Waals surface area (Å²) >= 11 is 0. The lowest BCUT2D eigenvalue weighted by Crippen LogP contribution is -2.37. The summed E-state index contributed by atoms with van der Waals surface area (Å²) in [5.74, 6) is -0.428. The summed E-state index contributed by atoms with van der Waals surface area (Å²) in [7, 11) is 0. The van der Waals surface area contributed by atoms with E-state index in [-0.39, 0.29) is 18.4 Å². The van der Waals surface area contributed by atoms with Crippen molar-refractivity contribution in [3.63, 3.8) is 0 Å². The van der Waals surface area contributed by atoms with Crippen LogP contribution in [-0.4, -0.2) is 34.8 Å². The molecule has 0 spiro atoms. The Morgan fingerprint density at radius 3 is 2.78 bits per heavy atom. The number of nitrogen functional groups attached to an aromatic ring is 1. The Hall–Kier alpha value is -1.89. The van der Waals surface area contributed by atoms with E-state index in [1.165, 1.54) is 0 Å². The minimum atomic E-state index is -0.447. The fourth-order valence-corrected chi connectivity index (χ4v) is 2.46. The van der Waals surface area contributed by atoms with Gasteiger partial charge in [-0.05, 0) is 12.8 Å². The van der Waals surface area contributed by atoms with E-state index in [1.54, 1.807) is 4.68 Å². The average molecular weight is 250 g/mol. The van der Waals surface area contributed by atoms with Crippen LogP contribution in [0.4, 0.5) is 5.82 Å². The molecule has 2 amide bonds. The number of imide groups is 1. The molecular weight excluding hydrogens is 236 g/mol. The van der Waals surface area contributed by atoms with Gasteiger partial charge in [-0.25, -0.2) is 4.68 Å². The van der Waals surface area contributed by atoms with Gasteiger partial charge in [0.15, 0.2) is 0 Å². The van der Waals surface area contributed by atoms with Crippen molar-refractivity contribution in [2.24, 2.45) is 0 Å². The van der Waals surface area contributed by atoms with Gasteiger partial charge in [-0.2, -0.15) is 5.10 Å². The Bertz CT molecular complexity index is 517. The second kappa shape index (κ2) is 4.09. The Balaban J connectivity index is 2.00. The molecule has 0 saturated carbocycles. The summed E-state index contributed by atoms with van der Waals surface area (Å²) in [6.45, 7) is 1.33. The summed E-state index contributed by atoms with van der Waals surface area (Å²) < 4.78 is 6.96. The monoisotopic (exact) mass is 250 g/mol. The van der Waals surface area contributed by atoms with E-state index in [0.717, 1.165) is 12.8 Å². The fourth-order valence-electron chi connectivity index (χ4n) is 2.46. The third kappa shape index (κ3) is 1.67. The summed E-state index contributed by atoms with van der Waals surface area (Å²) in [4.78, 5) is 23.0. The van der Waals surface area contributed by atoms with Crippen molar-refractivity contribution in [2.75, 3.05) is 18.9 Å². The zero-order chi connectivity index (χ0) is 12.7. The molecule has 1 fully saturated rings. The molecule has 0 bridgehead atoms. The molecule has 7 heteroatoms. The molecule has 3 N–H and O–H groups in total. The van der Waals surface area contributed by atoms with Gasteiger partial charge in [-0.15, -0.1) is 0 Å². The predicted octanol–water partition coefficient (Wildman–Crippen LogP) is -0.371.